The number of hydrogen-bond donors (Lipinski definition) is 0. The number of hydrogen-bond acceptors (Lipinski definition) is 11. The highest BCUT2D eigenvalue weighted by atomic mass is 16.7. The zero-order valence-electron chi connectivity index (χ0n) is 19.3. The Hall–Kier alpha value is -4.22. The zero-order chi connectivity index (χ0) is 25.4. The summed E-state index contributed by atoms with van der Waals surface area (Å²) >= 11 is 0. The number of ketones is 1. The van der Waals surface area contributed by atoms with E-state index in [0.717, 1.165) is 0 Å². The van der Waals surface area contributed by atoms with Crippen molar-refractivity contribution in [3.8, 4) is 11.6 Å². The molecule has 3 rings (SSSR count). The van der Waals surface area contributed by atoms with Crippen molar-refractivity contribution in [1.29, 1.82) is 0 Å². The first-order chi connectivity index (χ1) is 16.8. The number of carbonyl (C=O) groups is 3. The quantitative estimate of drug-likeness (QED) is 0.168. The Morgan fingerprint density at radius 1 is 1.11 bits per heavy atom. The molecule has 0 amide bonds. The third kappa shape index (κ3) is 6.88. The minimum atomic E-state index is -0.733. The largest absolute Gasteiger partial charge is 0.508 e. The van der Waals surface area contributed by atoms with Crippen molar-refractivity contribution in [2.45, 2.75) is 32.3 Å². The van der Waals surface area contributed by atoms with Crippen molar-refractivity contribution in [2.24, 2.45) is 0 Å². The summed E-state index contributed by atoms with van der Waals surface area (Å²) in [6, 6.07) is 8.77. The number of ether oxygens (including phenoxy) is 4. The van der Waals surface area contributed by atoms with E-state index in [0.29, 0.717) is 37.2 Å². The lowest BCUT2D eigenvalue weighted by Crippen LogP contribution is -2.38. The number of anilines is 1. The van der Waals surface area contributed by atoms with Crippen molar-refractivity contribution in [3.63, 3.8) is 0 Å². The number of nitrogens with zero attached hydrogens (tertiary/aromatic N) is 3. The van der Waals surface area contributed by atoms with Crippen LogP contribution < -0.4 is 9.64 Å². The number of aromatic nitrogens is 1. The van der Waals surface area contributed by atoms with Crippen LogP contribution in [0.25, 0.3) is 0 Å². The van der Waals surface area contributed by atoms with E-state index in [1.54, 1.807) is 11.8 Å². The fourth-order valence-electron chi connectivity index (χ4n) is 3.46. The van der Waals surface area contributed by atoms with Gasteiger partial charge in [-0.15, -0.1) is 0 Å². The Morgan fingerprint density at radius 3 is 2.40 bits per heavy atom. The van der Waals surface area contributed by atoms with Gasteiger partial charge in [-0.25, -0.2) is 4.79 Å². The summed E-state index contributed by atoms with van der Waals surface area (Å²) in [5, 5.41) is 11.6. The van der Waals surface area contributed by atoms with Crippen LogP contribution >= 0.6 is 0 Å². The van der Waals surface area contributed by atoms with Crippen molar-refractivity contribution in [3.05, 3.63) is 52.1 Å². The SMILES string of the molecule is CCOC(=O)OC1CCN(c2nc(Oc3ccc(C(=O)CC(=O)OC)cc3)ccc2[N+](=O)[O-])CC1. The van der Waals surface area contributed by atoms with Crippen LogP contribution in [0, 0.1) is 10.1 Å². The number of rotatable bonds is 9. The first-order valence-corrected chi connectivity index (χ1v) is 10.9. The first kappa shape index (κ1) is 25.4. The number of carbonyl (C=O) groups excluding carboxylic acids is 3. The number of benzene rings is 1. The van der Waals surface area contributed by atoms with E-state index >= 15 is 0 Å². The van der Waals surface area contributed by atoms with Gasteiger partial charge in [0, 0.05) is 43.6 Å². The molecule has 1 fully saturated rings. The van der Waals surface area contributed by atoms with Crippen LogP contribution in [0.1, 0.15) is 36.5 Å². The summed E-state index contributed by atoms with van der Waals surface area (Å²) < 4.78 is 20.2. The molecule has 0 atom stereocenters. The predicted octanol–water partition coefficient (Wildman–Crippen LogP) is 3.67. The molecule has 35 heavy (non-hydrogen) atoms. The van der Waals surface area contributed by atoms with Gasteiger partial charge in [0.2, 0.25) is 11.7 Å². The topological polar surface area (TPSA) is 147 Å². The van der Waals surface area contributed by atoms with Gasteiger partial charge in [0.25, 0.3) is 0 Å². The maximum absolute atomic E-state index is 12.1. The molecule has 0 radical (unpaired) electrons. The van der Waals surface area contributed by atoms with Crippen molar-refractivity contribution < 1.29 is 38.3 Å². The first-order valence-electron chi connectivity index (χ1n) is 10.9. The van der Waals surface area contributed by atoms with E-state index < -0.39 is 22.8 Å². The van der Waals surface area contributed by atoms with Crippen molar-refractivity contribution >= 4 is 29.4 Å². The molecule has 1 aliphatic rings. The van der Waals surface area contributed by atoms with E-state index in [9.17, 15) is 24.5 Å². The van der Waals surface area contributed by atoms with Crippen LogP contribution in [0.2, 0.25) is 0 Å². The molecular formula is C23H25N3O9. The average Bonchev–Trinajstić information content (AvgIpc) is 2.84. The summed E-state index contributed by atoms with van der Waals surface area (Å²) in [6.45, 7) is 2.67. The molecule has 186 valence electrons. The lowest BCUT2D eigenvalue weighted by atomic mass is 10.1. The van der Waals surface area contributed by atoms with E-state index in [4.69, 9.17) is 14.2 Å². The van der Waals surface area contributed by atoms with Gasteiger partial charge in [-0.2, -0.15) is 4.98 Å². The molecule has 2 heterocycles. The van der Waals surface area contributed by atoms with Crippen LogP contribution in [0.4, 0.5) is 16.3 Å². The third-order valence-electron chi connectivity index (χ3n) is 5.22. The summed E-state index contributed by atoms with van der Waals surface area (Å²) in [4.78, 5) is 52.0. The second-order valence-corrected chi connectivity index (χ2v) is 7.54. The summed E-state index contributed by atoms with van der Waals surface area (Å²) in [5.41, 5.74) is 0.138. The van der Waals surface area contributed by atoms with E-state index in [-0.39, 0.29) is 36.5 Å². The number of esters is 1. The molecule has 1 saturated heterocycles. The van der Waals surface area contributed by atoms with Crippen molar-refractivity contribution in [1.82, 2.24) is 4.98 Å². The molecule has 1 aromatic carbocycles. The maximum atomic E-state index is 12.1. The molecule has 0 aliphatic carbocycles. The molecule has 1 aliphatic heterocycles. The van der Waals surface area contributed by atoms with Gasteiger partial charge in [-0.1, -0.05) is 0 Å². The van der Waals surface area contributed by atoms with Crippen LogP contribution in [-0.2, 0) is 19.0 Å². The Kier molecular flexibility index (Phi) is 8.54. The smallest absolute Gasteiger partial charge is 0.469 e. The summed E-state index contributed by atoms with van der Waals surface area (Å²) in [6.07, 6.45) is -0.522. The Labute approximate surface area is 200 Å². The molecule has 12 heteroatoms. The highest BCUT2D eigenvalue weighted by molar-refractivity contribution is 6.05. The molecule has 12 nitrogen and oxygen atoms in total. The molecule has 0 N–H and O–H groups in total. The molecule has 0 unspecified atom stereocenters. The summed E-state index contributed by atoms with van der Waals surface area (Å²) in [5.74, 6) is -0.395. The molecule has 0 spiro atoms. The molecule has 1 aromatic heterocycles. The van der Waals surface area contributed by atoms with Gasteiger partial charge in [0.1, 0.15) is 18.3 Å². The Morgan fingerprint density at radius 2 is 1.80 bits per heavy atom. The van der Waals surface area contributed by atoms with Gasteiger partial charge in [-0.3, -0.25) is 19.7 Å². The van der Waals surface area contributed by atoms with Gasteiger partial charge < -0.3 is 23.8 Å². The lowest BCUT2D eigenvalue weighted by Gasteiger charge is -2.31. The number of methoxy groups -OCH3 is 1. The van der Waals surface area contributed by atoms with Gasteiger partial charge in [0.15, 0.2) is 5.78 Å². The van der Waals surface area contributed by atoms with Crippen LogP contribution in [0.15, 0.2) is 36.4 Å². The van der Waals surface area contributed by atoms with Gasteiger partial charge >= 0.3 is 17.8 Å². The molecule has 0 bridgehead atoms. The highest BCUT2D eigenvalue weighted by Gasteiger charge is 2.28. The van der Waals surface area contributed by atoms with E-state index in [1.165, 1.54) is 43.5 Å². The minimum absolute atomic E-state index is 0.129. The average molecular weight is 487 g/mol. The number of nitro groups is 1. The fraction of sp³-hybridized carbons (Fsp3) is 0.391. The van der Waals surface area contributed by atoms with Gasteiger partial charge in [-0.05, 0) is 31.2 Å². The third-order valence-corrected chi connectivity index (χ3v) is 5.22. The van der Waals surface area contributed by atoms with Crippen LogP contribution in [0.5, 0.6) is 11.6 Å². The van der Waals surface area contributed by atoms with Gasteiger partial charge in [0.05, 0.1) is 18.6 Å². The van der Waals surface area contributed by atoms with E-state index in [2.05, 4.69) is 9.72 Å². The number of pyridine rings is 1. The van der Waals surface area contributed by atoms with E-state index in [1.807, 2.05) is 0 Å². The second-order valence-electron chi connectivity index (χ2n) is 7.54. The lowest BCUT2D eigenvalue weighted by molar-refractivity contribution is -0.384. The summed E-state index contributed by atoms with van der Waals surface area (Å²) in [7, 11) is 1.21. The second kappa shape index (κ2) is 11.8. The number of piperidine rings is 1. The molecular weight excluding hydrogens is 462 g/mol. The number of Topliss-reactive ketones (excluding diaryl/α,β-unsaturated/α-hetero) is 1. The fourth-order valence-corrected chi connectivity index (χ4v) is 3.46. The zero-order valence-corrected chi connectivity index (χ0v) is 19.3. The standard InChI is InChI=1S/C23H25N3O9/c1-3-33-23(29)35-17-10-12-25(13-11-17)22-18(26(30)31)8-9-20(24-22)34-16-6-4-15(5-7-16)19(27)14-21(28)32-2/h4-9,17H,3,10-14H2,1-2H3. The minimum Gasteiger partial charge on any atom is -0.469 e. The highest BCUT2D eigenvalue weighted by Crippen LogP contribution is 2.32. The van der Waals surface area contributed by atoms with Crippen LogP contribution in [0.3, 0.4) is 0 Å². The Bertz CT molecular complexity index is 1080. The van der Waals surface area contributed by atoms with Crippen LogP contribution in [-0.4, -0.2) is 60.7 Å². The molecule has 2 aromatic rings. The van der Waals surface area contributed by atoms with Crippen molar-refractivity contribution in [2.75, 3.05) is 31.7 Å². The normalized spacial score (nSPS) is 13.6. The maximum Gasteiger partial charge on any atom is 0.508 e. The Balaban J connectivity index is 1.69. The monoisotopic (exact) mass is 487 g/mol. The molecule has 0 saturated carbocycles. The predicted molar refractivity (Wildman–Crippen MR) is 122 cm³/mol.